The standard InChI is InChI=1S/C19H26O3/c1-7-8-13-12(4)16(10-15(13)20)22-18(21)17-14(9-11(2)3)19(17,5)6/h7,9,14,16-17H,1,8,10H2,2-6H3/t14-,16-,17?/m1/s1. The molecule has 3 atom stereocenters. The number of Topliss-reactive ketones (excluding diaryl/α,β-unsaturated/α-hetero) is 1. The van der Waals surface area contributed by atoms with Gasteiger partial charge in [-0.05, 0) is 44.1 Å². The highest BCUT2D eigenvalue weighted by atomic mass is 16.5. The molecule has 2 rings (SSSR count). The third kappa shape index (κ3) is 2.94. The lowest BCUT2D eigenvalue weighted by molar-refractivity contribution is -0.150. The van der Waals surface area contributed by atoms with Crippen molar-refractivity contribution in [1.82, 2.24) is 0 Å². The first kappa shape index (κ1) is 16.7. The van der Waals surface area contributed by atoms with Crippen molar-refractivity contribution in [2.45, 2.75) is 53.6 Å². The minimum absolute atomic E-state index is 0.0570. The topological polar surface area (TPSA) is 43.4 Å². The summed E-state index contributed by atoms with van der Waals surface area (Å²) in [6.07, 6.45) is 4.31. The van der Waals surface area contributed by atoms with Gasteiger partial charge in [-0.2, -0.15) is 0 Å². The van der Waals surface area contributed by atoms with E-state index in [1.165, 1.54) is 5.57 Å². The molecule has 0 aromatic heterocycles. The van der Waals surface area contributed by atoms with Crippen molar-refractivity contribution in [3.05, 3.63) is 35.5 Å². The van der Waals surface area contributed by atoms with Crippen LogP contribution >= 0.6 is 0 Å². The van der Waals surface area contributed by atoms with E-state index in [9.17, 15) is 9.59 Å². The van der Waals surface area contributed by atoms with Crippen molar-refractivity contribution >= 4 is 11.8 Å². The number of allylic oxidation sites excluding steroid dienone is 4. The van der Waals surface area contributed by atoms with Crippen molar-refractivity contribution in [1.29, 1.82) is 0 Å². The third-order valence-electron chi connectivity index (χ3n) is 4.95. The number of hydrogen-bond donors (Lipinski definition) is 0. The van der Waals surface area contributed by atoms with Gasteiger partial charge in [-0.15, -0.1) is 6.58 Å². The molecule has 1 unspecified atom stereocenters. The summed E-state index contributed by atoms with van der Waals surface area (Å²) in [5, 5.41) is 0. The van der Waals surface area contributed by atoms with Crippen molar-refractivity contribution in [2.75, 3.05) is 0 Å². The molecular weight excluding hydrogens is 276 g/mol. The Balaban J connectivity index is 2.07. The smallest absolute Gasteiger partial charge is 0.310 e. The number of rotatable bonds is 5. The van der Waals surface area contributed by atoms with E-state index in [4.69, 9.17) is 4.74 Å². The second kappa shape index (κ2) is 5.86. The zero-order valence-electron chi connectivity index (χ0n) is 14.2. The van der Waals surface area contributed by atoms with Crippen LogP contribution in [0.1, 0.15) is 47.5 Å². The predicted molar refractivity (Wildman–Crippen MR) is 87.2 cm³/mol. The molecule has 0 radical (unpaired) electrons. The van der Waals surface area contributed by atoms with Gasteiger partial charge in [0.1, 0.15) is 6.10 Å². The molecule has 3 heteroatoms. The van der Waals surface area contributed by atoms with Crippen molar-refractivity contribution in [3.8, 4) is 0 Å². The van der Waals surface area contributed by atoms with Crippen LogP contribution in [0.2, 0.25) is 0 Å². The fraction of sp³-hybridized carbons (Fsp3) is 0.579. The van der Waals surface area contributed by atoms with Crippen LogP contribution in [0.3, 0.4) is 0 Å². The highest BCUT2D eigenvalue weighted by molar-refractivity contribution is 6.00. The summed E-state index contributed by atoms with van der Waals surface area (Å²) >= 11 is 0. The molecule has 1 saturated carbocycles. The first-order chi connectivity index (χ1) is 10.2. The summed E-state index contributed by atoms with van der Waals surface area (Å²) in [7, 11) is 0. The van der Waals surface area contributed by atoms with Gasteiger partial charge in [-0.3, -0.25) is 9.59 Å². The van der Waals surface area contributed by atoms with Gasteiger partial charge in [0.25, 0.3) is 0 Å². The van der Waals surface area contributed by atoms with Crippen LogP contribution in [-0.2, 0) is 14.3 Å². The van der Waals surface area contributed by atoms with E-state index < -0.39 is 6.10 Å². The number of ether oxygens (including phenoxy) is 1. The molecule has 0 amide bonds. The molecule has 0 bridgehead atoms. The van der Waals surface area contributed by atoms with Crippen molar-refractivity contribution in [2.24, 2.45) is 17.3 Å². The number of carbonyl (C=O) groups is 2. The Labute approximate surface area is 133 Å². The molecule has 2 aliphatic carbocycles. The minimum Gasteiger partial charge on any atom is -0.457 e. The number of ketones is 1. The Kier molecular flexibility index (Phi) is 4.46. The average Bonchev–Trinajstić information content (AvgIpc) is 2.83. The SMILES string of the molecule is C=CCC1=C(C)[C@H](OC(=O)C2[C@@H](C=C(C)C)C2(C)C)CC1=O. The first-order valence-corrected chi connectivity index (χ1v) is 7.89. The van der Waals surface area contributed by atoms with Crippen molar-refractivity contribution in [3.63, 3.8) is 0 Å². The molecule has 0 heterocycles. The summed E-state index contributed by atoms with van der Waals surface area (Å²) in [6.45, 7) is 13.8. The molecule has 0 spiro atoms. The molecule has 0 aromatic rings. The van der Waals surface area contributed by atoms with E-state index in [1.54, 1.807) is 6.08 Å². The fourth-order valence-corrected chi connectivity index (χ4v) is 3.42. The van der Waals surface area contributed by atoms with Crippen LogP contribution < -0.4 is 0 Å². The van der Waals surface area contributed by atoms with E-state index in [0.29, 0.717) is 6.42 Å². The molecule has 0 aliphatic heterocycles. The normalized spacial score (nSPS) is 29.3. The first-order valence-electron chi connectivity index (χ1n) is 7.89. The van der Waals surface area contributed by atoms with Gasteiger partial charge < -0.3 is 4.74 Å². The largest absolute Gasteiger partial charge is 0.457 e. The highest BCUT2D eigenvalue weighted by Gasteiger charge is 2.61. The number of carbonyl (C=O) groups excluding carboxylic acids is 2. The fourth-order valence-electron chi connectivity index (χ4n) is 3.42. The lowest BCUT2D eigenvalue weighted by Crippen LogP contribution is -2.20. The van der Waals surface area contributed by atoms with Crippen LogP contribution in [0.15, 0.2) is 35.5 Å². The quantitative estimate of drug-likeness (QED) is 0.569. The molecule has 0 saturated heterocycles. The average molecular weight is 302 g/mol. The maximum Gasteiger partial charge on any atom is 0.310 e. The summed E-state index contributed by atoms with van der Waals surface area (Å²) in [5.74, 6) is 0.0309. The Hall–Kier alpha value is -1.64. The highest BCUT2D eigenvalue weighted by Crippen LogP contribution is 2.60. The summed E-state index contributed by atoms with van der Waals surface area (Å²) < 4.78 is 5.66. The Bertz CT molecular complexity index is 573. The van der Waals surface area contributed by atoms with Gasteiger partial charge in [0, 0.05) is 5.57 Å². The van der Waals surface area contributed by atoms with Crippen LogP contribution in [0.5, 0.6) is 0 Å². The maximum absolute atomic E-state index is 12.5. The van der Waals surface area contributed by atoms with E-state index in [1.807, 2.05) is 20.8 Å². The summed E-state index contributed by atoms with van der Waals surface area (Å²) in [4.78, 5) is 24.5. The van der Waals surface area contributed by atoms with Gasteiger partial charge in [0.05, 0.1) is 12.3 Å². The van der Waals surface area contributed by atoms with Gasteiger partial charge in [0.15, 0.2) is 5.78 Å². The van der Waals surface area contributed by atoms with E-state index in [2.05, 4.69) is 26.5 Å². The molecule has 3 nitrogen and oxygen atoms in total. The van der Waals surface area contributed by atoms with Crippen LogP contribution in [0.4, 0.5) is 0 Å². The number of hydrogen-bond acceptors (Lipinski definition) is 3. The molecule has 22 heavy (non-hydrogen) atoms. The number of esters is 1. The van der Waals surface area contributed by atoms with E-state index >= 15 is 0 Å². The predicted octanol–water partition coefficient (Wildman–Crippen LogP) is 4.00. The Morgan fingerprint density at radius 1 is 1.41 bits per heavy atom. The molecule has 0 N–H and O–H groups in total. The molecule has 2 aliphatic rings. The van der Waals surface area contributed by atoms with Gasteiger partial charge >= 0.3 is 5.97 Å². The van der Waals surface area contributed by atoms with Gasteiger partial charge in [-0.25, -0.2) is 0 Å². The van der Waals surface area contributed by atoms with E-state index in [0.717, 1.165) is 11.1 Å². The van der Waals surface area contributed by atoms with Crippen LogP contribution in [0.25, 0.3) is 0 Å². The lowest BCUT2D eigenvalue weighted by Gasteiger charge is -2.13. The molecule has 120 valence electrons. The lowest BCUT2D eigenvalue weighted by atomic mass is 10.1. The molecular formula is C19H26O3. The maximum atomic E-state index is 12.5. The summed E-state index contributed by atoms with van der Waals surface area (Å²) in [5.41, 5.74) is 2.80. The van der Waals surface area contributed by atoms with Crippen molar-refractivity contribution < 1.29 is 14.3 Å². The summed E-state index contributed by atoms with van der Waals surface area (Å²) in [6, 6.07) is 0. The molecule has 1 fully saturated rings. The molecule has 0 aromatic carbocycles. The van der Waals surface area contributed by atoms with Crippen LogP contribution in [0, 0.1) is 17.3 Å². The zero-order chi connectivity index (χ0) is 16.7. The third-order valence-corrected chi connectivity index (χ3v) is 4.95. The van der Waals surface area contributed by atoms with Gasteiger partial charge in [0.2, 0.25) is 0 Å². The zero-order valence-corrected chi connectivity index (χ0v) is 14.2. The second-order valence-corrected chi connectivity index (χ2v) is 7.28. The Morgan fingerprint density at radius 2 is 2.05 bits per heavy atom. The monoisotopic (exact) mass is 302 g/mol. The van der Waals surface area contributed by atoms with Crippen LogP contribution in [-0.4, -0.2) is 17.9 Å². The Morgan fingerprint density at radius 3 is 2.59 bits per heavy atom. The van der Waals surface area contributed by atoms with Gasteiger partial charge in [-0.1, -0.05) is 31.6 Å². The van der Waals surface area contributed by atoms with E-state index in [-0.39, 0.29) is 35.4 Å². The minimum atomic E-state index is -0.390. The second-order valence-electron chi connectivity index (χ2n) is 7.28.